The van der Waals surface area contributed by atoms with E-state index in [1.54, 1.807) is 4.90 Å². The molecule has 0 spiro atoms. The van der Waals surface area contributed by atoms with Crippen LogP contribution < -0.4 is 0 Å². The van der Waals surface area contributed by atoms with E-state index in [0.29, 0.717) is 37.7 Å². The molecule has 0 N–H and O–H groups in total. The number of rotatable bonds is 7. The van der Waals surface area contributed by atoms with Crippen molar-refractivity contribution in [3.8, 4) is 0 Å². The number of nitrogens with zero attached hydrogens (tertiary/aromatic N) is 4. The van der Waals surface area contributed by atoms with Gasteiger partial charge in [0.2, 0.25) is 5.91 Å². The maximum Gasteiger partial charge on any atom is 0.269 e. The zero-order valence-corrected chi connectivity index (χ0v) is 18.0. The van der Waals surface area contributed by atoms with E-state index in [0.717, 1.165) is 25.8 Å². The van der Waals surface area contributed by atoms with Crippen LogP contribution in [0, 0.1) is 16.0 Å². The topological polar surface area (TPSA) is 87.0 Å². The SMILES string of the molecule is CCCN(C)C(=O)[C@@H](C1CCCC1)N1CCN(C(=O)c2ccc([N+](=O)[O-])cc2)CC1. The number of hydrogen-bond donors (Lipinski definition) is 0. The predicted octanol–water partition coefficient (Wildman–Crippen LogP) is 2.78. The van der Waals surface area contributed by atoms with Crippen molar-refractivity contribution in [3.05, 3.63) is 39.9 Å². The first-order valence-corrected chi connectivity index (χ1v) is 10.9. The van der Waals surface area contributed by atoms with Gasteiger partial charge in [0.25, 0.3) is 11.6 Å². The number of nitro groups is 1. The van der Waals surface area contributed by atoms with Gasteiger partial charge < -0.3 is 9.80 Å². The van der Waals surface area contributed by atoms with Crippen LogP contribution in [-0.4, -0.2) is 77.3 Å². The molecule has 1 saturated carbocycles. The molecule has 2 aliphatic rings. The fraction of sp³-hybridized carbons (Fsp3) is 0.636. The molecule has 1 atom stereocenters. The van der Waals surface area contributed by atoms with Crippen LogP contribution in [0.5, 0.6) is 0 Å². The molecular formula is C22H32N4O4. The summed E-state index contributed by atoms with van der Waals surface area (Å²) in [6, 6.07) is 5.65. The summed E-state index contributed by atoms with van der Waals surface area (Å²) in [5.74, 6) is 0.490. The number of nitro benzene ring substituents is 1. The fourth-order valence-electron chi connectivity index (χ4n) is 4.71. The van der Waals surface area contributed by atoms with Gasteiger partial charge in [-0.25, -0.2) is 0 Å². The number of carbonyl (C=O) groups excluding carboxylic acids is 2. The van der Waals surface area contributed by atoms with Crippen molar-refractivity contribution >= 4 is 17.5 Å². The Kier molecular flexibility index (Phi) is 7.42. The molecule has 2 amide bonds. The molecule has 0 bridgehead atoms. The van der Waals surface area contributed by atoms with Gasteiger partial charge in [0, 0.05) is 57.5 Å². The summed E-state index contributed by atoms with van der Waals surface area (Å²) in [5.41, 5.74) is 0.436. The lowest BCUT2D eigenvalue weighted by atomic mass is 9.94. The van der Waals surface area contributed by atoms with Crippen LogP contribution in [-0.2, 0) is 4.79 Å². The molecule has 1 aromatic rings. The lowest BCUT2D eigenvalue weighted by Gasteiger charge is -2.42. The van der Waals surface area contributed by atoms with E-state index < -0.39 is 4.92 Å². The zero-order valence-electron chi connectivity index (χ0n) is 18.0. The average molecular weight is 417 g/mol. The third kappa shape index (κ3) is 4.98. The van der Waals surface area contributed by atoms with E-state index in [-0.39, 0.29) is 23.5 Å². The number of carbonyl (C=O) groups is 2. The molecule has 0 radical (unpaired) electrons. The van der Waals surface area contributed by atoms with Gasteiger partial charge in [0.1, 0.15) is 0 Å². The molecule has 1 heterocycles. The van der Waals surface area contributed by atoms with Crippen LogP contribution in [0.1, 0.15) is 49.4 Å². The minimum absolute atomic E-state index is 0.0227. The quantitative estimate of drug-likeness (QED) is 0.504. The molecule has 1 aromatic carbocycles. The summed E-state index contributed by atoms with van der Waals surface area (Å²) in [7, 11) is 1.89. The highest BCUT2D eigenvalue weighted by Crippen LogP contribution is 2.32. The highest BCUT2D eigenvalue weighted by Gasteiger charge is 2.38. The van der Waals surface area contributed by atoms with Crippen molar-refractivity contribution in [2.75, 3.05) is 39.8 Å². The molecule has 30 heavy (non-hydrogen) atoms. The Balaban J connectivity index is 1.64. The van der Waals surface area contributed by atoms with Gasteiger partial charge in [-0.15, -0.1) is 0 Å². The Morgan fingerprint density at radius 3 is 2.27 bits per heavy atom. The highest BCUT2D eigenvalue weighted by molar-refractivity contribution is 5.94. The zero-order chi connectivity index (χ0) is 21.7. The number of non-ortho nitro benzene ring substituents is 1. The third-order valence-electron chi connectivity index (χ3n) is 6.35. The maximum atomic E-state index is 13.2. The Hall–Kier alpha value is -2.48. The van der Waals surface area contributed by atoms with Crippen molar-refractivity contribution in [1.29, 1.82) is 0 Å². The molecule has 3 rings (SSSR count). The molecule has 0 unspecified atom stereocenters. The highest BCUT2D eigenvalue weighted by atomic mass is 16.6. The van der Waals surface area contributed by atoms with Gasteiger partial charge in [-0.3, -0.25) is 24.6 Å². The predicted molar refractivity (Wildman–Crippen MR) is 114 cm³/mol. The Labute approximate surface area is 178 Å². The van der Waals surface area contributed by atoms with Gasteiger partial charge in [0.05, 0.1) is 11.0 Å². The lowest BCUT2D eigenvalue weighted by molar-refractivity contribution is -0.384. The minimum Gasteiger partial charge on any atom is -0.344 e. The summed E-state index contributed by atoms with van der Waals surface area (Å²) in [5, 5.41) is 10.8. The summed E-state index contributed by atoms with van der Waals surface area (Å²) in [4.78, 5) is 42.2. The average Bonchev–Trinajstić information content (AvgIpc) is 3.28. The summed E-state index contributed by atoms with van der Waals surface area (Å²) in [6.45, 7) is 5.31. The number of likely N-dealkylation sites (N-methyl/N-ethyl adjacent to an activating group) is 1. The van der Waals surface area contributed by atoms with E-state index in [1.807, 2.05) is 11.9 Å². The van der Waals surface area contributed by atoms with Gasteiger partial charge in [-0.05, 0) is 37.3 Å². The largest absolute Gasteiger partial charge is 0.344 e. The first-order valence-electron chi connectivity index (χ1n) is 10.9. The van der Waals surface area contributed by atoms with Gasteiger partial charge in [0.15, 0.2) is 0 Å². The van der Waals surface area contributed by atoms with E-state index in [9.17, 15) is 19.7 Å². The monoisotopic (exact) mass is 416 g/mol. The van der Waals surface area contributed by atoms with Crippen molar-refractivity contribution in [1.82, 2.24) is 14.7 Å². The molecular weight excluding hydrogens is 384 g/mol. The van der Waals surface area contributed by atoms with Crippen LogP contribution in [0.3, 0.4) is 0 Å². The van der Waals surface area contributed by atoms with E-state index in [4.69, 9.17) is 0 Å². The van der Waals surface area contributed by atoms with E-state index in [2.05, 4.69) is 11.8 Å². The maximum absolute atomic E-state index is 13.2. The molecule has 1 saturated heterocycles. The molecule has 8 nitrogen and oxygen atoms in total. The molecule has 2 fully saturated rings. The van der Waals surface area contributed by atoms with Gasteiger partial charge in [-0.2, -0.15) is 0 Å². The van der Waals surface area contributed by atoms with E-state index in [1.165, 1.54) is 37.1 Å². The Morgan fingerprint density at radius 2 is 1.73 bits per heavy atom. The van der Waals surface area contributed by atoms with Crippen LogP contribution in [0.4, 0.5) is 5.69 Å². The van der Waals surface area contributed by atoms with Crippen molar-refractivity contribution in [2.24, 2.45) is 5.92 Å². The Bertz CT molecular complexity index is 753. The summed E-state index contributed by atoms with van der Waals surface area (Å²) >= 11 is 0. The number of benzene rings is 1. The van der Waals surface area contributed by atoms with Crippen molar-refractivity contribution in [2.45, 2.75) is 45.1 Å². The second-order valence-corrected chi connectivity index (χ2v) is 8.38. The van der Waals surface area contributed by atoms with Crippen LogP contribution in [0.2, 0.25) is 0 Å². The number of piperazine rings is 1. The van der Waals surface area contributed by atoms with Crippen LogP contribution in [0.25, 0.3) is 0 Å². The first kappa shape index (κ1) is 22.2. The third-order valence-corrected chi connectivity index (χ3v) is 6.35. The first-order chi connectivity index (χ1) is 14.4. The molecule has 8 heteroatoms. The molecule has 1 aliphatic carbocycles. The lowest BCUT2D eigenvalue weighted by Crippen LogP contribution is -2.58. The molecule has 164 valence electrons. The summed E-state index contributed by atoms with van der Waals surface area (Å²) in [6.07, 6.45) is 5.50. The second-order valence-electron chi connectivity index (χ2n) is 8.38. The minimum atomic E-state index is -0.469. The normalized spacial score (nSPS) is 18.9. The molecule has 1 aliphatic heterocycles. The van der Waals surface area contributed by atoms with E-state index >= 15 is 0 Å². The summed E-state index contributed by atoms with van der Waals surface area (Å²) < 4.78 is 0. The second kappa shape index (κ2) is 10.0. The van der Waals surface area contributed by atoms with Crippen LogP contribution in [0.15, 0.2) is 24.3 Å². The van der Waals surface area contributed by atoms with Crippen LogP contribution >= 0.6 is 0 Å². The fourth-order valence-corrected chi connectivity index (χ4v) is 4.71. The van der Waals surface area contributed by atoms with Gasteiger partial charge in [-0.1, -0.05) is 19.8 Å². The van der Waals surface area contributed by atoms with Gasteiger partial charge >= 0.3 is 0 Å². The van der Waals surface area contributed by atoms with Crippen molar-refractivity contribution in [3.63, 3.8) is 0 Å². The smallest absolute Gasteiger partial charge is 0.269 e. The number of amides is 2. The standard InChI is InChI=1S/C22H32N4O4/c1-3-12-23(2)22(28)20(17-6-4-5-7-17)24-13-15-25(16-14-24)21(27)18-8-10-19(11-9-18)26(29)30/h8-11,17,20H,3-7,12-16H2,1-2H3/t20-/m1/s1. The number of hydrogen-bond acceptors (Lipinski definition) is 5. The van der Waals surface area contributed by atoms with Crippen molar-refractivity contribution < 1.29 is 14.5 Å². The molecule has 0 aromatic heterocycles. The Morgan fingerprint density at radius 1 is 1.13 bits per heavy atom.